The van der Waals surface area contributed by atoms with Gasteiger partial charge in [-0.15, -0.1) is 0 Å². The Kier molecular flexibility index (Phi) is 9.32. The molecule has 0 aliphatic carbocycles. The van der Waals surface area contributed by atoms with Crippen molar-refractivity contribution in [3.05, 3.63) is 96.3 Å². The average molecular weight is 753 g/mol. The number of ether oxygens (including phenoxy) is 2. The van der Waals surface area contributed by atoms with Crippen LogP contribution in [0.2, 0.25) is 0 Å². The molecule has 0 saturated carbocycles. The molecule has 2 N–H and O–H groups in total. The number of benzene rings is 2. The highest BCUT2D eigenvalue weighted by molar-refractivity contribution is 14.1. The highest BCUT2D eigenvalue weighted by atomic mass is 127. The largest absolute Gasteiger partial charge is 0.486 e. The second-order valence-corrected chi connectivity index (χ2v) is 10.9. The third-order valence-corrected chi connectivity index (χ3v) is 7.28. The number of hydrazone groups is 1. The maximum Gasteiger partial charge on any atom is 0.344 e. The Morgan fingerprint density at radius 3 is 2.31 bits per heavy atom. The summed E-state index contributed by atoms with van der Waals surface area (Å²) in [5.74, 6) is 0.232. The Hall–Kier alpha value is -3.33. The van der Waals surface area contributed by atoms with Gasteiger partial charge in [-0.05, 0) is 132 Å². The topological polar surface area (TPSA) is 115 Å². The summed E-state index contributed by atoms with van der Waals surface area (Å²) >= 11 is 4.13. The Morgan fingerprint density at radius 2 is 1.69 bits per heavy atom. The van der Waals surface area contributed by atoms with Crippen molar-refractivity contribution in [2.24, 2.45) is 5.10 Å². The predicted molar refractivity (Wildman–Crippen MR) is 163 cm³/mol. The first-order chi connectivity index (χ1) is 18.6. The van der Waals surface area contributed by atoms with E-state index in [4.69, 9.17) is 19.0 Å². The summed E-state index contributed by atoms with van der Waals surface area (Å²) in [7, 11) is 0. The lowest BCUT2D eigenvalue weighted by molar-refractivity contribution is -0.144. The molecule has 1 amide bonds. The molecule has 202 valence electrons. The van der Waals surface area contributed by atoms with E-state index in [-0.39, 0.29) is 12.4 Å². The fourth-order valence-corrected chi connectivity index (χ4v) is 5.78. The smallest absolute Gasteiger partial charge is 0.344 e. The van der Waals surface area contributed by atoms with E-state index in [2.05, 4.69) is 86.3 Å². The first-order valence-electron chi connectivity index (χ1n) is 11.8. The number of nitrogens with one attached hydrogen (secondary N) is 1. The van der Waals surface area contributed by atoms with Crippen LogP contribution < -0.4 is 14.9 Å². The maximum absolute atomic E-state index is 12.5. The van der Waals surface area contributed by atoms with Gasteiger partial charge in [-0.2, -0.15) is 5.10 Å². The van der Waals surface area contributed by atoms with Gasteiger partial charge in [0.1, 0.15) is 23.9 Å². The van der Waals surface area contributed by atoms with E-state index in [0.717, 1.165) is 24.2 Å². The third kappa shape index (κ3) is 7.20. The van der Waals surface area contributed by atoms with Crippen molar-refractivity contribution in [2.75, 3.05) is 0 Å². The van der Waals surface area contributed by atoms with Crippen LogP contribution in [0, 0.1) is 21.0 Å². The third-order valence-electron chi connectivity index (χ3n) is 5.68. The molecule has 0 unspecified atom stereocenters. The van der Waals surface area contributed by atoms with Gasteiger partial charge < -0.3 is 23.6 Å². The zero-order valence-electron chi connectivity index (χ0n) is 21.3. The van der Waals surface area contributed by atoms with Crippen LogP contribution in [0.5, 0.6) is 11.5 Å². The molecule has 2 heterocycles. The number of carboxylic acids is 1. The number of nitrogens with zero attached hydrogens (tertiary/aromatic N) is 2. The number of carbonyl (C=O) groups is 2. The van der Waals surface area contributed by atoms with Gasteiger partial charge in [-0.25, -0.2) is 10.2 Å². The van der Waals surface area contributed by atoms with Crippen molar-refractivity contribution in [1.29, 1.82) is 0 Å². The first-order valence-corrected chi connectivity index (χ1v) is 14.0. The second-order valence-electron chi connectivity index (χ2n) is 8.61. The quantitative estimate of drug-likeness (QED) is 0.115. The lowest BCUT2D eigenvalue weighted by Gasteiger charge is -2.14. The Balaban J connectivity index is 1.31. The minimum atomic E-state index is -1.05. The lowest BCUT2D eigenvalue weighted by Crippen LogP contribution is -2.23. The minimum Gasteiger partial charge on any atom is -0.486 e. The number of furan rings is 1. The molecule has 1 atom stereocenters. The average Bonchev–Trinajstić information content (AvgIpc) is 3.51. The Labute approximate surface area is 252 Å². The molecule has 11 heteroatoms. The van der Waals surface area contributed by atoms with Gasteiger partial charge in [0.25, 0.3) is 0 Å². The molecule has 0 bridgehead atoms. The fraction of sp³-hybridized carbons (Fsp3) is 0.179. The van der Waals surface area contributed by atoms with E-state index in [9.17, 15) is 9.59 Å². The zero-order valence-corrected chi connectivity index (χ0v) is 25.6. The van der Waals surface area contributed by atoms with Gasteiger partial charge in [0, 0.05) is 17.1 Å². The Morgan fingerprint density at radius 1 is 1.05 bits per heavy atom. The van der Waals surface area contributed by atoms with Crippen LogP contribution in [-0.4, -0.2) is 33.9 Å². The second kappa shape index (κ2) is 12.7. The molecular formula is C28H25I2N3O6. The van der Waals surface area contributed by atoms with E-state index in [1.165, 1.54) is 13.1 Å². The lowest BCUT2D eigenvalue weighted by atomic mass is 10.2. The summed E-state index contributed by atoms with van der Waals surface area (Å²) in [6, 6.07) is 18.7. The van der Waals surface area contributed by atoms with Gasteiger partial charge in [0.2, 0.25) is 0 Å². The van der Waals surface area contributed by atoms with Crippen molar-refractivity contribution in [3.63, 3.8) is 0 Å². The highest BCUT2D eigenvalue weighted by Gasteiger charge is 2.17. The maximum atomic E-state index is 12.5. The first kappa shape index (κ1) is 28.7. The number of rotatable bonds is 10. The van der Waals surface area contributed by atoms with E-state index in [0.29, 0.717) is 22.8 Å². The zero-order chi connectivity index (χ0) is 28.1. The monoisotopic (exact) mass is 753 g/mol. The number of hydrogen-bond donors (Lipinski definition) is 2. The molecule has 0 saturated heterocycles. The number of aliphatic carboxylic acids is 1. The minimum absolute atomic E-state index is 0.107. The summed E-state index contributed by atoms with van der Waals surface area (Å²) in [6.07, 6.45) is 0.513. The number of carbonyl (C=O) groups excluding carboxylic acids is 1. The number of halogens is 2. The van der Waals surface area contributed by atoms with Gasteiger partial charge in [0.05, 0.1) is 13.4 Å². The summed E-state index contributed by atoms with van der Waals surface area (Å²) in [4.78, 5) is 23.5. The molecular weight excluding hydrogens is 728 g/mol. The fourth-order valence-electron chi connectivity index (χ4n) is 3.71. The molecule has 0 radical (unpaired) electrons. The summed E-state index contributed by atoms with van der Waals surface area (Å²) in [5, 5.41) is 13.1. The molecule has 4 aromatic rings. The normalized spacial score (nSPS) is 11.9. The molecule has 0 spiro atoms. The van der Waals surface area contributed by atoms with Gasteiger partial charge in [0.15, 0.2) is 11.9 Å². The SMILES string of the molecule is Cc1ccc(C)n1-c1ccc(OCc2ccc(C(=O)N/N=C/c3cc(I)c(O[C@H](C)C(=O)O)c(I)c3)o2)cc1. The van der Waals surface area contributed by atoms with E-state index >= 15 is 0 Å². The van der Waals surface area contributed by atoms with Crippen LogP contribution in [0.3, 0.4) is 0 Å². The molecule has 2 aromatic heterocycles. The van der Waals surface area contributed by atoms with Gasteiger partial charge in [-0.1, -0.05) is 0 Å². The van der Waals surface area contributed by atoms with E-state index < -0.39 is 18.0 Å². The molecule has 0 aliphatic heterocycles. The molecule has 0 fully saturated rings. The summed E-state index contributed by atoms with van der Waals surface area (Å²) < 4.78 is 20.6. The van der Waals surface area contributed by atoms with Crippen molar-refractivity contribution in [2.45, 2.75) is 33.5 Å². The number of carboxylic acid groups (broad SMARTS) is 1. The summed E-state index contributed by atoms with van der Waals surface area (Å²) in [6.45, 7) is 5.76. The van der Waals surface area contributed by atoms with Gasteiger partial charge in [-0.3, -0.25) is 4.79 Å². The van der Waals surface area contributed by atoms with Crippen LogP contribution in [-0.2, 0) is 11.4 Å². The van der Waals surface area contributed by atoms with Gasteiger partial charge >= 0.3 is 11.9 Å². The van der Waals surface area contributed by atoms with Crippen LogP contribution >= 0.6 is 45.2 Å². The molecule has 39 heavy (non-hydrogen) atoms. The molecule has 0 aliphatic rings. The molecule has 4 rings (SSSR count). The predicted octanol–water partition coefficient (Wildman–Crippen LogP) is 6.09. The molecule has 2 aromatic carbocycles. The highest BCUT2D eigenvalue weighted by Crippen LogP contribution is 2.29. The van der Waals surface area contributed by atoms with Crippen LogP contribution in [0.4, 0.5) is 0 Å². The standard InChI is InChI=1S/C28H25I2N3O6/c1-16-4-5-17(2)33(16)20-6-8-21(9-7-20)37-15-22-10-11-25(39-22)27(34)32-31-14-19-12-23(29)26(24(30)13-19)38-18(3)28(35)36/h4-14,18H,15H2,1-3H3,(H,32,34)(H,35,36)/b31-14+/t18-/m1/s1. The number of aryl methyl sites for hydroxylation is 2. The van der Waals surface area contributed by atoms with E-state index in [1.54, 1.807) is 24.3 Å². The number of hydrogen-bond acceptors (Lipinski definition) is 6. The van der Waals surface area contributed by atoms with Crippen molar-refractivity contribution >= 4 is 63.3 Å². The number of amides is 1. The van der Waals surface area contributed by atoms with Crippen molar-refractivity contribution < 1.29 is 28.6 Å². The summed E-state index contributed by atoms with van der Waals surface area (Å²) in [5.41, 5.74) is 6.53. The van der Waals surface area contributed by atoms with Crippen LogP contribution in [0.1, 0.15) is 40.2 Å². The Bertz CT molecular complexity index is 1480. The van der Waals surface area contributed by atoms with Crippen molar-refractivity contribution in [1.82, 2.24) is 9.99 Å². The van der Waals surface area contributed by atoms with Crippen LogP contribution in [0.15, 0.2) is 70.2 Å². The van der Waals surface area contributed by atoms with Crippen LogP contribution in [0.25, 0.3) is 5.69 Å². The molecule has 9 nitrogen and oxygen atoms in total. The van der Waals surface area contributed by atoms with Crippen molar-refractivity contribution in [3.8, 4) is 17.2 Å². The number of aromatic nitrogens is 1. The van der Waals surface area contributed by atoms with E-state index in [1.807, 2.05) is 24.3 Å².